The molecule has 2 atom stereocenters. The Bertz CT molecular complexity index is 2870. The highest BCUT2D eigenvalue weighted by Crippen LogP contribution is 2.46. The van der Waals surface area contributed by atoms with Crippen molar-refractivity contribution >= 4 is 67.9 Å². The quantitative estimate of drug-likeness (QED) is 0.137. The Labute approximate surface area is 371 Å². The molecule has 11 rings (SSSR count). The number of benzene rings is 7. The van der Waals surface area contributed by atoms with Gasteiger partial charge in [0.1, 0.15) is 11.0 Å². The minimum absolute atomic E-state index is 0.0932. The van der Waals surface area contributed by atoms with Gasteiger partial charge in [0.2, 0.25) is 0 Å². The van der Waals surface area contributed by atoms with Crippen LogP contribution in [0, 0.1) is 0 Å². The van der Waals surface area contributed by atoms with Crippen molar-refractivity contribution in [1.82, 2.24) is 18.7 Å². The summed E-state index contributed by atoms with van der Waals surface area (Å²) in [6, 6.07) is 59.6. The largest absolute Gasteiger partial charge is 0.311 e. The first-order valence-electron chi connectivity index (χ1n) is 21.5. The standard InChI is InChI=1S/C56H42N6S/c1-7-19-41(20-8-1)51-52(42-21-9-2-10-22-42)58-54-50(40-33-37-48(38-34-40)62(45-27-15-5-16-28-45)46-29-17-6-18-30-46)56-55(59-63-60-56)49(53(54)57-51)39-31-35-47(36-32-39)61(43-23-11-3-12-24-43)44-25-13-4-14-26-44/h1-19,21,23-38,41-42H,20,22H2. The number of hydrogen-bond donors (Lipinski definition) is 0. The molecular formula is C56H42N6S. The lowest BCUT2D eigenvalue weighted by atomic mass is 9.87. The van der Waals surface area contributed by atoms with E-state index in [0.29, 0.717) is 0 Å². The van der Waals surface area contributed by atoms with Crippen LogP contribution in [0.25, 0.3) is 44.3 Å². The molecule has 0 radical (unpaired) electrons. The van der Waals surface area contributed by atoms with E-state index in [1.807, 2.05) is 0 Å². The van der Waals surface area contributed by atoms with Crippen molar-refractivity contribution in [2.75, 3.05) is 9.80 Å². The summed E-state index contributed by atoms with van der Waals surface area (Å²) in [6.45, 7) is 0. The molecule has 2 heterocycles. The molecule has 7 heteroatoms. The molecule has 0 bridgehead atoms. The van der Waals surface area contributed by atoms with Gasteiger partial charge in [-0.3, -0.25) is 0 Å². The zero-order chi connectivity index (χ0) is 42.0. The molecule has 302 valence electrons. The molecule has 6 nitrogen and oxygen atoms in total. The normalized spacial score (nSPS) is 15.6. The monoisotopic (exact) mass is 830 g/mol. The fourth-order valence-electron chi connectivity index (χ4n) is 8.97. The first kappa shape index (κ1) is 38.2. The highest BCUT2D eigenvalue weighted by molar-refractivity contribution is 7.00. The Morgan fingerprint density at radius 2 is 0.698 bits per heavy atom. The van der Waals surface area contributed by atoms with Crippen LogP contribution in [-0.4, -0.2) is 18.7 Å². The number of allylic oxidation sites excluding steroid dienone is 8. The summed E-state index contributed by atoms with van der Waals surface area (Å²) < 4.78 is 10.1. The second kappa shape index (κ2) is 17.0. The Balaban J connectivity index is 1.12. The van der Waals surface area contributed by atoms with Crippen LogP contribution in [0.3, 0.4) is 0 Å². The summed E-state index contributed by atoms with van der Waals surface area (Å²) >= 11 is 1.24. The first-order valence-corrected chi connectivity index (χ1v) is 22.2. The zero-order valence-electron chi connectivity index (χ0n) is 34.4. The summed E-state index contributed by atoms with van der Waals surface area (Å²) in [6.07, 6.45) is 19.3. The molecule has 2 unspecified atom stereocenters. The van der Waals surface area contributed by atoms with Gasteiger partial charge < -0.3 is 9.80 Å². The number of aromatic nitrogens is 4. The molecule has 0 saturated heterocycles. The minimum atomic E-state index is 0.0932. The molecule has 2 aliphatic rings. The van der Waals surface area contributed by atoms with Gasteiger partial charge in [-0.1, -0.05) is 146 Å². The van der Waals surface area contributed by atoms with E-state index >= 15 is 0 Å². The third-order valence-corrected chi connectivity index (χ3v) is 12.5. The van der Waals surface area contributed by atoms with Gasteiger partial charge in [0, 0.05) is 57.1 Å². The predicted molar refractivity (Wildman–Crippen MR) is 262 cm³/mol. The van der Waals surface area contributed by atoms with Crippen molar-refractivity contribution in [3.05, 3.63) is 230 Å². The van der Waals surface area contributed by atoms with Gasteiger partial charge in [-0.2, -0.15) is 8.75 Å². The molecule has 0 saturated carbocycles. The Hall–Kier alpha value is -7.74. The summed E-state index contributed by atoms with van der Waals surface area (Å²) in [4.78, 5) is 16.1. The molecule has 0 N–H and O–H groups in total. The average molecular weight is 831 g/mol. The summed E-state index contributed by atoms with van der Waals surface area (Å²) in [5.74, 6) is 0.186. The Morgan fingerprint density at radius 3 is 1.02 bits per heavy atom. The van der Waals surface area contributed by atoms with Crippen LogP contribution in [0.15, 0.2) is 218 Å². The molecule has 7 aromatic carbocycles. The summed E-state index contributed by atoms with van der Waals surface area (Å²) in [5.41, 5.74) is 15.7. The van der Waals surface area contributed by atoms with Gasteiger partial charge in [-0.05, 0) is 96.8 Å². The summed E-state index contributed by atoms with van der Waals surface area (Å²) in [7, 11) is 0. The lowest BCUT2D eigenvalue weighted by Gasteiger charge is -2.26. The van der Waals surface area contributed by atoms with Gasteiger partial charge in [0.25, 0.3) is 0 Å². The van der Waals surface area contributed by atoms with E-state index < -0.39 is 0 Å². The van der Waals surface area contributed by atoms with Gasteiger partial charge in [0.05, 0.1) is 34.1 Å². The SMILES string of the molecule is C1=CCC(c2nc3c(-c4ccc(N(c5ccccc5)c5ccccc5)cc4)c4nsnc4c(-c4ccc(N(c5ccccc5)c5ccccc5)cc4)c3nc2C2C=CC=CC2)C=C1. The number of hydrogen-bond acceptors (Lipinski definition) is 7. The van der Waals surface area contributed by atoms with E-state index in [9.17, 15) is 0 Å². The van der Waals surface area contributed by atoms with Crippen molar-refractivity contribution in [1.29, 1.82) is 0 Å². The van der Waals surface area contributed by atoms with Crippen LogP contribution in [-0.2, 0) is 0 Å². The second-order valence-corrected chi connectivity index (χ2v) is 16.3. The molecule has 2 aliphatic carbocycles. The van der Waals surface area contributed by atoms with Crippen molar-refractivity contribution in [2.24, 2.45) is 0 Å². The van der Waals surface area contributed by atoms with Crippen LogP contribution < -0.4 is 9.80 Å². The minimum Gasteiger partial charge on any atom is -0.311 e. The maximum Gasteiger partial charge on any atom is 0.115 e. The maximum atomic E-state index is 5.76. The molecule has 0 fully saturated rings. The van der Waals surface area contributed by atoms with Crippen LogP contribution in [0.1, 0.15) is 36.1 Å². The number of rotatable bonds is 10. The average Bonchev–Trinajstić information content (AvgIpc) is 3.85. The summed E-state index contributed by atoms with van der Waals surface area (Å²) in [5, 5.41) is 0. The second-order valence-electron chi connectivity index (χ2n) is 15.8. The molecule has 0 amide bonds. The number of fused-ring (bicyclic) bond motifs is 2. The van der Waals surface area contributed by atoms with Crippen LogP contribution in [0.4, 0.5) is 34.1 Å². The molecule has 9 aromatic rings. The van der Waals surface area contributed by atoms with Gasteiger partial charge in [-0.15, -0.1) is 0 Å². The van der Waals surface area contributed by atoms with Crippen molar-refractivity contribution in [2.45, 2.75) is 24.7 Å². The van der Waals surface area contributed by atoms with Crippen molar-refractivity contribution < 1.29 is 0 Å². The third-order valence-electron chi connectivity index (χ3n) is 11.9. The van der Waals surface area contributed by atoms with Gasteiger partial charge in [0.15, 0.2) is 0 Å². The maximum absolute atomic E-state index is 5.76. The highest BCUT2D eigenvalue weighted by atomic mass is 32.1. The van der Waals surface area contributed by atoms with E-state index in [0.717, 1.165) is 103 Å². The van der Waals surface area contributed by atoms with E-state index in [-0.39, 0.29) is 11.8 Å². The predicted octanol–water partition coefficient (Wildman–Crippen LogP) is 15.1. The van der Waals surface area contributed by atoms with Crippen LogP contribution >= 0.6 is 11.7 Å². The lowest BCUT2D eigenvalue weighted by molar-refractivity contribution is 0.738. The fraction of sp³-hybridized carbons (Fsp3) is 0.0714. The Morgan fingerprint density at radius 1 is 0.365 bits per heavy atom. The molecule has 0 aliphatic heterocycles. The zero-order valence-corrected chi connectivity index (χ0v) is 35.3. The molecular weight excluding hydrogens is 789 g/mol. The van der Waals surface area contributed by atoms with E-state index in [1.54, 1.807) is 0 Å². The van der Waals surface area contributed by atoms with E-state index in [2.05, 4.69) is 228 Å². The Kier molecular flexibility index (Phi) is 10.3. The third kappa shape index (κ3) is 7.32. The lowest BCUT2D eigenvalue weighted by Crippen LogP contribution is -2.12. The van der Waals surface area contributed by atoms with Crippen molar-refractivity contribution in [3.63, 3.8) is 0 Å². The topological polar surface area (TPSA) is 58.0 Å². The van der Waals surface area contributed by atoms with E-state index in [4.69, 9.17) is 18.7 Å². The smallest absolute Gasteiger partial charge is 0.115 e. The molecule has 0 spiro atoms. The first-order chi connectivity index (χ1) is 31.3. The number of nitrogens with zero attached hydrogens (tertiary/aromatic N) is 6. The van der Waals surface area contributed by atoms with Crippen molar-refractivity contribution in [3.8, 4) is 22.3 Å². The molecule has 2 aromatic heterocycles. The van der Waals surface area contributed by atoms with E-state index in [1.165, 1.54) is 11.7 Å². The van der Waals surface area contributed by atoms with Crippen LogP contribution in [0.5, 0.6) is 0 Å². The molecule has 63 heavy (non-hydrogen) atoms. The number of para-hydroxylation sites is 4. The van der Waals surface area contributed by atoms with Crippen LogP contribution in [0.2, 0.25) is 0 Å². The number of anilines is 6. The van der Waals surface area contributed by atoms with Gasteiger partial charge >= 0.3 is 0 Å². The highest BCUT2D eigenvalue weighted by Gasteiger charge is 2.28. The fourth-order valence-corrected chi connectivity index (χ4v) is 9.53. The van der Waals surface area contributed by atoms with Gasteiger partial charge in [-0.25, -0.2) is 9.97 Å².